The summed E-state index contributed by atoms with van der Waals surface area (Å²) < 4.78 is 0. The summed E-state index contributed by atoms with van der Waals surface area (Å²) in [6, 6.07) is 2.19. The summed E-state index contributed by atoms with van der Waals surface area (Å²) in [6.07, 6.45) is 1.20. The Balaban J connectivity index is 3.22. The number of benzene rings is 1. The van der Waals surface area contributed by atoms with Gasteiger partial charge in [-0.15, -0.1) is 8.58 Å². The van der Waals surface area contributed by atoms with Crippen molar-refractivity contribution in [2.75, 3.05) is 6.66 Å². The second kappa shape index (κ2) is 5.61. The summed E-state index contributed by atoms with van der Waals surface area (Å²) in [4.78, 5) is 0. The Morgan fingerprint density at radius 1 is 1.17 bits per heavy atom. The van der Waals surface area contributed by atoms with Gasteiger partial charge in [0.15, 0.2) is 0 Å². The molecule has 0 aliphatic carbocycles. The molecule has 1 N–H and O–H groups in total. The number of rotatable bonds is 3. The van der Waals surface area contributed by atoms with E-state index in [-0.39, 0.29) is 0 Å². The van der Waals surface area contributed by atoms with Gasteiger partial charge in [0, 0.05) is 5.66 Å². The first-order valence-corrected chi connectivity index (χ1v) is 8.22. The minimum absolute atomic E-state index is 0.347. The fraction of sp³-hybridized carbons (Fsp3) is 0.625. The maximum atomic E-state index is 10.0. The van der Waals surface area contributed by atoms with Crippen molar-refractivity contribution in [3.63, 3.8) is 0 Å². The minimum Gasteiger partial charge on any atom is -0.507 e. The van der Waals surface area contributed by atoms with E-state index in [1.54, 1.807) is 0 Å². The average molecular weight is 266 g/mol. The van der Waals surface area contributed by atoms with Crippen LogP contribution in [0.3, 0.4) is 0 Å². The van der Waals surface area contributed by atoms with Crippen LogP contribution in [-0.2, 0) is 0 Å². The van der Waals surface area contributed by atoms with Gasteiger partial charge in [-0.3, -0.25) is 0 Å². The van der Waals surface area contributed by atoms with E-state index in [1.807, 2.05) is 13.8 Å². The lowest BCUT2D eigenvalue weighted by Gasteiger charge is -2.27. The molecule has 102 valence electrons. The third-order valence-corrected chi connectivity index (χ3v) is 4.85. The topological polar surface area (TPSA) is 20.2 Å². The van der Waals surface area contributed by atoms with Crippen LogP contribution < -0.4 is 0 Å². The Labute approximate surface area is 114 Å². The van der Waals surface area contributed by atoms with Crippen LogP contribution in [0.2, 0.25) is 0 Å². The Morgan fingerprint density at radius 2 is 1.72 bits per heavy atom. The first-order chi connectivity index (χ1) is 8.17. The Hall–Kier alpha value is -0.550. The number of hydrogen-bond acceptors (Lipinski definition) is 1. The highest BCUT2D eigenvalue weighted by atomic mass is 31.1. The number of hydrogen-bond donors (Lipinski definition) is 1. The van der Waals surface area contributed by atoms with Crippen molar-refractivity contribution < 1.29 is 5.11 Å². The summed E-state index contributed by atoms with van der Waals surface area (Å²) in [5.74, 6) is 0.463. The molecule has 2 heteroatoms. The van der Waals surface area contributed by atoms with Gasteiger partial charge >= 0.3 is 0 Å². The first kappa shape index (κ1) is 15.5. The predicted molar refractivity (Wildman–Crippen MR) is 83.4 cm³/mol. The lowest BCUT2D eigenvalue weighted by molar-refractivity contribution is 0.373. The summed E-state index contributed by atoms with van der Waals surface area (Å²) >= 11 is 0. The van der Waals surface area contributed by atoms with E-state index < -0.39 is 0 Å². The third kappa shape index (κ3) is 3.48. The maximum absolute atomic E-state index is 10.0. The highest BCUT2D eigenvalue weighted by molar-refractivity contribution is 7.37. The van der Waals surface area contributed by atoms with E-state index in [1.165, 1.54) is 17.5 Å². The first-order valence-electron chi connectivity index (χ1n) is 6.64. The molecule has 18 heavy (non-hydrogen) atoms. The van der Waals surface area contributed by atoms with Gasteiger partial charge in [-0.25, -0.2) is 0 Å². The summed E-state index contributed by atoms with van der Waals surface area (Å²) in [6.45, 7) is 15.3. The second-order valence-electron chi connectivity index (χ2n) is 6.49. The lowest BCUT2D eigenvalue weighted by Crippen LogP contribution is -2.10. The molecule has 0 aromatic heterocycles. The minimum atomic E-state index is 0.347. The maximum Gasteiger partial charge on any atom is 0.121 e. The van der Waals surface area contributed by atoms with Crippen LogP contribution in [0.1, 0.15) is 55.1 Å². The van der Waals surface area contributed by atoms with Crippen LogP contribution in [-0.4, -0.2) is 11.8 Å². The van der Waals surface area contributed by atoms with E-state index in [0.717, 1.165) is 19.7 Å². The van der Waals surface area contributed by atoms with Gasteiger partial charge in [-0.1, -0.05) is 26.8 Å². The number of aryl methyl sites for hydroxylation is 1. The van der Waals surface area contributed by atoms with Crippen LogP contribution >= 0.6 is 8.58 Å². The molecule has 0 amide bonds. The number of phenols is 1. The molecule has 0 saturated heterocycles. The van der Waals surface area contributed by atoms with Crippen LogP contribution in [0.5, 0.6) is 5.75 Å². The number of phenolic OH excluding ortho intramolecular Hbond substituents is 1. The Bertz CT molecular complexity index is 430. The SMILES string of the molecule is CPC(CC(C)(C)C)c1cc(C)c(O)c(C)c1C. The second-order valence-corrected chi connectivity index (χ2v) is 7.76. The molecule has 0 bridgehead atoms. The highest BCUT2D eigenvalue weighted by Gasteiger charge is 2.22. The van der Waals surface area contributed by atoms with Crippen molar-refractivity contribution in [1.82, 2.24) is 0 Å². The molecule has 0 radical (unpaired) electrons. The van der Waals surface area contributed by atoms with Gasteiger partial charge in [0.05, 0.1) is 0 Å². The van der Waals surface area contributed by atoms with E-state index in [0.29, 0.717) is 16.8 Å². The monoisotopic (exact) mass is 266 g/mol. The van der Waals surface area contributed by atoms with Crippen LogP contribution in [0.4, 0.5) is 0 Å². The van der Waals surface area contributed by atoms with Crippen molar-refractivity contribution in [1.29, 1.82) is 0 Å². The molecular formula is C16H27OP. The zero-order valence-corrected chi connectivity index (χ0v) is 13.8. The third-order valence-electron chi connectivity index (χ3n) is 3.64. The Morgan fingerprint density at radius 3 is 2.17 bits per heavy atom. The molecule has 2 unspecified atom stereocenters. The normalized spacial score (nSPS) is 14.4. The largest absolute Gasteiger partial charge is 0.507 e. The van der Waals surface area contributed by atoms with E-state index in [4.69, 9.17) is 0 Å². The van der Waals surface area contributed by atoms with Crippen molar-refractivity contribution in [3.8, 4) is 5.75 Å². The fourth-order valence-corrected chi connectivity index (χ4v) is 3.87. The molecule has 0 saturated carbocycles. The quantitative estimate of drug-likeness (QED) is 0.754. The summed E-state index contributed by atoms with van der Waals surface area (Å²) in [5.41, 5.74) is 5.70. The smallest absolute Gasteiger partial charge is 0.121 e. The van der Waals surface area contributed by atoms with Gasteiger partial charge in [-0.2, -0.15) is 0 Å². The fourth-order valence-electron chi connectivity index (χ4n) is 2.44. The Kier molecular flexibility index (Phi) is 4.84. The molecule has 2 atom stereocenters. The van der Waals surface area contributed by atoms with Crippen molar-refractivity contribution >= 4 is 8.58 Å². The van der Waals surface area contributed by atoms with Crippen molar-refractivity contribution in [2.45, 2.75) is 53.6 Å². The zero-order chi connectivity index (χ0) is 14.1. The molecule has 1 aromatic carbocycles. The van der Waals surface area contributed by atoms with Gasteiger partial charge in [0.2, 0.25) is 0 Å². The van der Waals surface area contributed by atoms with Crippen molar-refractivity contribution in [3.05, 3.63) is 28.3 Å². The van der Waals surface area contributed by atoms with E-state index >= 15 is 0 Å². The molecular weight excluding hydrogens is 239 g/mol. The average Bonchev–Trinajstić information content (AvgIpc) is 2.27. The molecule has 0 fully saturated rings. The predicted octanol–water partition coefficient (Wildman–Crippen LogP) is 5.10. The van der Waals surface area contributed by atoms with Gasteiger partial charge in [0.25, 0.3) is 0 Å². The standard InChI is InChI=1S/C16H27OP/c1-10-8-13(11(2)12(3)15(10)17)14(18-7)9-16(4,5)6/h8,14,17-18H,9H2,1-7H3. The van der Waals surface area contributed by atoms with Gasteiger partial charge < -0.3 is 5.11 Å². The van der Waals surface area contributed by atoms with Gasteiger partial charge in [-0.05, 0) is 61.5 Å². The number of aromatic hydroxyl groups is 1. The summed E-state index contributed by atoms with van der Waals surface area (Å²) in [7, 11) is 0.904. The molecule has 0 aliphatic heterocycles. The molecule has 1 aromatic rings. The van der Waals surface area contributed by atoms with Gasteiger partial charge in [0.1, 0.15) is 5.75 Å². The van der Waals surface area contributed by atoms with Crippen molar-refractivity contribution in [2.24, 2.45) is 5.41 Å². The van der Waals surface area contributed by atoms with E-state index in [9.17, 15) is 5.11 Å². The zero-order valence-electron chi connectivity index (χ0n) is 12.8. The highest BCUT2D eigenvalue weighted by Crippen LogP contribution is 2.44. The van der Waals surface area contributed by atoms with E-state index in [2.05, 4.69) is 40.4 Å². The lowest BCUT2D eigenvalue weighted by atomic mass is 9.86. The molecule has 0 spiro atoms. The molecule has 1 nitrogen and oxygen atoms in total. The van der Waals surface area contributed by atoms with Crippen LogP contribution in [0.25, 0.3) is 0 Å². The molecule has 0 aliphatic rings. The van der Waals surface area contributed by atoms with Crippen LogP contribution in [0.15, 0.2) is 6.07 Å². The molecule has 0 heterocycles. The summed E-state index contributed by atoms with van der Waals surface area (Å²) in [5, 5.41) is 10.0. The molecule has 1 rings (SSSR count). The van der Waals surface area contributed by atoms with Crippen LogP contribution in [0, 0.1) is 26.2 Å².